The van der Waals surface area contributed by atoms with Gasteiger partial charge in [-0.1, -0.05) is 0 Å². The van der Waals surface area contributed by atoms with Crippen LogP contribution in [0, 0.1) is 0 Å². The van der Waals surface area contributed by atoms with E-state index in [9.17, 15) is 9.59 Å². The molecule has 0 unspecified atom stereocenters. The molecule has 0 aliphatic carbocycles. The SMILES string of the molecule is COC.COC(=O)NCC(C)=O. The molecule has 0 saturated heterocycles. The number of methoxy groups -OCH3 is 2. The predicted octanol–water partition coefficient (Wildman–Crippen LogP) is 0.194. The Morgan fingerprint density at radius 3 is 1.92 bits per heavy atom. The van der Waals surface area contributed by atoms with Crippen LogP contribution in [0.15, 0.2) is 0 Å². The predicted molar refractivity (Wildman–Crippen MR) is 44.0 cm³/mol. The molecule has 0 rings (SSSR count). The van der Waals surface area contributed by atoms with Gasteiger partial charge in [-0.2, -0.15) is 0 Å². The fraction of sp³-hybridized carbons (Fsp3) is 0.714. The zero-order valence-electron chi connectivity index (χ0n) is 7.84. The summed E-state index contributed by atoms with van der Waals surface area (Å²) in [7, 11) is 4.50. The van der Waals surface area contributed by atoms with E-state index in [-0.39, 0.29) is 12.3 Å². The van der Waals surface area contributed by atoms with Gasteiger partial charge in [-0.25, -0.2) is 4.79 Å². The van der Waals surface area contributed by atoms with Crippen LogP contribution in [0.25, 0.3) is 0 Å². The Bertz CT molecular complexity index is 135. The number of ether oxygens (including phenoxy) is 2. The van der Waals surface area contributed by atoms with Crippen LogP contribution in [0.2, 0.25) is 0 Å². The van der Waals surface area contributed by atoms with Crippen molar-refractivity contribution >= 4 is 11.9 Å². The molecule has 5 nitrogen and oxygen atoms in total. The summed E-state index contributed by atoms with van der Waals surface area (Å²) >= 11 is 0. The molecule has 0 aromatic carbocycles. The second-order valence-corrected chi connectivity index (χ2v) is 1.96. The average molecular weight is 177 g/mol. The number of carbonyl (C=O) groups is 2. The van der Waals surface area contributed by atoms with Gasteiger partial charge in [0.25, 0.3) is 0 Å². The highest BCUT2D eigenvalue weighted by molar-refractivity contribution is 5.81. The highest BCUT2D eigenvalue weighted by Crippen LogP contribution is 1.70. The maximum absolute atomic E-state index is 10.2. The van der Waals surface area contributed by atoms with Gasteiger partial charge in [-0.3, -0.25) is 4.79 Å². The van der Waals surface area contributed by atoms with Gasteiger partial charge in [-0.05, 0) is 6.92 Å². The summed E-state index contributed by atoms with van der Waals surface area (Å²) in [4.78, 5) is 20.4. The van der Waals surface area contributed by atoms with Gasteiger partial charge < -0.3 is 14.8 Å². The lowest BCUT2D eigenvalue weighted by Gasteiger charge is -1.97. The molecule has 0 spiro atoms. The fourth-order valence-electron chi connectivity index (χ4n) is 0.269. The number of hydrogen-bond donors (Lipinski definition) is 1. The minimum Gasteiger partial charge on any atom is -0.453 e. The number of hydrogen-bond acceptors (Lipinski definition) is 4. The van der Waals surface area contributed by atoms with Gasteiger partial charge >= 0.3 is 6.09 Å². The van der Waals surface area contributed by atoms with Crippen molar-refractivity contribution in [3.63, 3.8) is 0 Å². The van der Waals surface area contributed by atoms with Gasteiger partial charge in [0, 0.05) is 14.2 Å². The quantitative estimate of drug-likeness (QED) is 0.654. The molecule has 0 saturated carbocycles. The first kappa shape index (κ1) is 13.5. The summed E-state index contributed by atoms with van der Waals surface area (Å²) in [6.07, 6.45) is -0.579. The Labute approximate surface area is 72.0 Å². The van der Waals surface area contributed by atoms with Gasteiger partial charge in [-0.15, -0.1) is 0 Å². The fourth-order valence-corrected chi connectivity index (χ4v) is 0.269. The van der Waals surface area contributed by atoms with Crippen molar-refractivity contribution in [3.8, 4) is 0 Å². The lowest BCUT2D eigenvalue weighted by molar-refractivity contribution is -0.116. The molecule has 0 fully saturated rings. The van der Waals surface area contributed by atoms with E-state index in [2.05, 4.69) is 14.8 Å². The van der Waals surface area contributed by atoms with Gasteiger partial charge in [0.1, 0.15) is 5.78 Å². The van der Waals surface area contributed by atoms with Crippen LogP contribution in [0.5, 0.6) is 0 Å². The first-order chi connectivity index (χ1) is 5.58. The van der Waals surface area contributed by atoms with E-state index in [0.717, 1.165) is 0 Å². The van der Waals surface area contributed by atoms with Crippen molar-refractivity contribution in [1.29, 1.82) is 0 Å². The third-order valence-electron chi connectivity index (χ3n) is 0.667. The Kier molecular flexibility index (Phi) is 11.1. The van der Waals surface area contributed by atoms with Gasteiger partial charge in [0.15, 0.2) is 0 Å². The second-order valence-electron chi connectivity index (χ2n) is 1.96. The molecule has 1 N–H and O–H groups in total. The monoisotopic (exact) mass is 177 g/mol. The molecule has 0 atom stereocenters. The molecule has 72 valence electrons. The number of rotatable bonds is 2. The molecule has 0 aliphatic rings. The van der Waals surface area contributed by atoms with Crippen LogP contribution in [0.4, 0.5) is 4.79 Å². The largest absolute Gasteiger partial charge is 0.453 e. The van der Waals surface area contributed by atoms with Crippen molar-refractivity contribution in [1.82, 2.24) is 5.32 Å². The van der Waals surface area contributed by atoms with E-state index in [0.29, 0.717) is 0 Å². The number of amides is 1. The molecule has 0 aromatic heterocycles. The minimum atomic E-state index is -0.579. The lowest BCUT2D eigenvalue weighted by atomic mass is 10.4. The van der Waals surface area contributed by atoms with Crippen molar-refractivity contribution in [3.05, 3.63) is 0 Å². The third-order valence-corrected chi connectivity index (χ3v) is 0.667. The first-order valence-electron chi connectivity index (χ1n) is 3.29. The van der Waals surface area contributed by atoms with E-state index in [4.69, 9.17) is 0 Å². The van der Waals surface area contributed by atoms with Crippen LogP contribution in [0.3, 0.4) is 0 Å². The topological polar surface area (TPSA) is 64.6 Å². The minimum absolute atomic E-state index is 0.0344. The second kappa shape index (κ2) is 9.90. The standard InChI is InChI=1S/C5H9NO3.C2H6O/c1-4(7)3-6-5(8)9-2;1-3-2/h3H2,1-2H3,(H,6,8);1-2H3. The average Bonchev–Trinajstić information content (AvgIpc) is 2.01. The summed E-state index contributed by atoms with van der Waals surface area (Å²) in [6, 6.07) is 0. The highest BCUT2D eigenvalue weighted by Gasteiger charge is 1.97. The summed E-state index contributed by atoms with van der Waals surface area (Å²) in [6.45, 7) is 1.42. The van der Waals surface area contributed by atoms with Crippen molar-refractivity contribution in [2.45, 2.75) is 6.92 Å². The number of alkyl carbamates (subject to hydrolysis) is 1. The van der Waals surface area contributed by atoms with Crippen LogP contribution >= 0.6 is 0 Å². The van der Waals surface area contributed by atoms with Gasteiger partial charge in [0.05, 0.1) is 13.7 Å². The van der Waals surface area contributed by atoms with Gasteiger partial charge in [0.2, 0.25) is 0 Å². The third kappa shape index (κ3) is 16.0. The van der Waals surface area contributed by atoms with Crippen LogP contribution in [-0.4, -0.2) is 39.8 Å². The summed E-state index contributed by atoms with van der Waals surface area (Å²) in [5.74, 6) is -0.0969. The number of ketones is 1. The van der Waals surface area contributed by atoms with Crippen molar-refractivity contribution in [2.75, 3.05) is 27.9 Å². The summed E-state index contributed by atoms with van der Waals surface area (Å²) in [5, 5.41) is 2.22. The molecule has 0 aromatic rings. The zero-order chi connectivity index (χ0) is 9.98. The van der Waals surface area contributed by atoms with E-state index in [1.807, 2.05) is 0 Å². The Balaban J connectivity index is 0. The number of Topliss-reactive ketones (excluding diaryl/α,β-unsaturated/α-hetero) is 1. The first-order valence-corrected chi connectivity index (χ1v) is 3.29. The highest BCUT2D eigenvalue weighted by atomic mass is 16.5. The van der Waals surface area contributed by atoms with E-state index in [1.165, 1.54) is 14.0 Å². The summed E-state index contributed by atoms with van der Waals surface area (Å²) < 4.78 is 8.45. The van der Waals surface area contributed by atoms with Crippen LogP contribution in [0.1, 0.15) is 6.92 Å². The lowest BCUT2D eigenvalue weighted by Crippen LogP contribution is -2.27. The Morgan fingerprint density at radius 2 is 1.67 bits per heavy atom. The van der Waals surface area contributed by atoms with E-state index < -0.39 is 6.09 Å². The number of nitrogens with one attached hydrogen (secondary N) is 1. The molecule has 0 radical (unpaired) electrons. The van der Waals surface area contributed by atoms with Crippen LogP contribution < -0.4 is 5.32 Å². The Morgan fingerprint density at radius 1 is 1.25 bits per heavy atom. The van der Waals surface area contributed by atoms with E-state index in [1.54, 1.807) is 14.2 Å². The maximum atomic E-state index is 10.2. The zero-order valence-corrected chi connectivity index (χ0v) is 7.84. The molecule has 12 heavy (non-hydrogen) atoms. The molecular formula is C7H15NO4. The van der Waals surface area contributed by atoms with Crippen LogP contribution in [-0.2, 0) is 14.3 Å². The molecule has 1 amide bonds. The maximum Gasteiger partial charge on any atom is 0.407 e. The molecule has 5 heteroatoms. The molecule has 0 bridgehead atoms. The normalized spacial score (nSPS) is 7.67. The summed E-state index contributed by atoms with van der Waals surface area (Å²) in [5.41, 5.74) is 0. The molecular weight excluding hydrogens is 162 g/mol. The Hall–Kier alpha value is -1.10. The molecule has 0 heterocycles. The smallest absolute Gasteiger partial charge is 0.407 e. The van der Waals surface area contributed by atoms with Crippen molar-refractivity contribution < 1.29 is 19.1 Å². The molecule has 0 aliphatic heterocycles. The van der Waals surface area contributed by atoms with Crippen molar-refractivity contribution in [2.24, 2.45) is 0 Å². The number of carbonyl (C=O) groups excluding carboxylic acids is 2. The van der Waals surface area contributed by atoms with E-state index >= 15 is 0 Å².